The normalized spacial score (nSPS) is 19.3. The fraction of sp³-hybridized carbons (Fsp3) is 0.632. The molecule has 0 unspecified atom stereocenters. The van der Waals surface area contributed by atoms with Gasteiger partial charge in [0, 0.05) is 43.5 Å². The molecule has 0 aromatic carbocycles. The summed E-state index contributed by atoms with van der Waals surface area (Å²) in [4.78, 5) is 17.7. The first-order valence-corrected chi connectivity index (χ1v) is 9.86. The zero-order chi connectivity index (χ0) is 17.1. The van der Waals surface area contributed by atoms with Crippen molar-refractivity contribution in [3.8, 4) is 10.6 Å². The van der Waals surface area contributed by atoms with Crippen LogP contribution in [0.3, 0.4) is 0 Å². The zero-order valence-corrected chi connectivity index (χ0v) is 16.0. The summed E-state index contributed by atoms with van der Waals surface area (Å²) in [6.07, 6.45) is 9.10. The molecule has 0 bridgehead atoms. The standard InChI is InChI=1S/C19H28N4S/c1-13(2)10-17-22-11-16(24-17)19-18(20-7-8-21-19)15-6-5-9-23(12-15)14(3)4/h7-8,11,13-15H,5-6,9-10,12H2,1-4H3/t15-/m1/s1. The number of thiazole rings is 1. The lowest BCUT2D eigenvalue weighted by atomic mass is 9.92. The van der Waals surface area contributed by atoms with Crippen LogP contribution >= 0.6 is 11.3 Å². The van der Waals surface area contributed by atoms with Crippen molar-refractivity contribution in [1.29, 1.82) is 0 Å². The highest BCUT2D eigenvalue weighted by atomic mass is 32.1. The van der Waals surface area contributed by atoms with Crippen molar-refractivity contribution in [1.82, 2.24) is 19.9 Å². The first-order valence-electron chi connectivity index (χ1n) is 9.04. The van der Waals surface area contributed by atoms with Gasteiger partial charge >= 0.3 is 0 Å². The number of likely N-dealkylation sites (tertiary alicyclic amines) is 1. The molecule has 0 aliphatic carbocycles. The maximum Gasteiger partial charge on any atom is 0.104 e. The van der Waals surface area contributed by atoms with E-state index in [9.17, 15) is 0 Å². The topological polar surface area (TPSA) is 41.9 Å². The molecule has 3 rings (SSSR count). The molecule has 0 spiro atoms. The maximum atomic E-state index is 4.73. The van der Waals surface area contributed by atoms with Crippen LogP contribution in [-0.2, 0) is 6.42 Å². The van der Waals surface area contributed by atoms with E-state index in [0.29, 0.717) is 17.9 Å². The molecule has 0 amide bonds. The highest BCUT2D eigenvalue weighted by Crippen LogP contribution is 2.34. The van der Waals surface area contributed by atoms with Gasteiger partial charge in [-0.1, -0.05) is 13.8 Å². The average molecular weight is 345 g/mol. The molecule has 1 saturated heterocycles. The second-order valence-corrected chi connectivity index (χ2v) is 8.55. The summed E-state index contributed by atoms with van der Waals surface area (Å²) in [6.45, 7) is 11.3. The third kappa shape index (κ3) is 4.01. The van der Waals surface area contributed by atoms with Gasteiger partial charge in [0.15, 0.2) is 0 Å². The van der Waals surface area contributed by atoms with Crippen molar-refractivity contribution in [3.05, 3.63) is 29.3 Å². The Morgan fingerprint density at radius 2 is 1.96 bits per heavy atom. The predicted molar refractivity (Wildman–Crippen MR) is 100 cm³/mol. The molecule has 1 atom stereocenters. The van der Waals surface area contributed by atoms with Gasteiger partial charge in [-0.05, 0) is 39.2 Å². The van der Waals surface area contributed by atoms with E-state index in [-0.39, 0.29) is 0 Å². The Balaban J connectivity index is 1.86. The van der Waals surface area contributed by atoms with Crippen LogP contribution in [0.4, 0.5) is 0 Å². The Kier molecular flexibility index (Phi) is 5.61. The molecular formula is C19H28N4S. The van der Waals surface area contributed by atoms with Crippen LogP contribution in [-0.4, -0.2) is 39.0 Å². The first-order chi connectivity index (χ1) is 11.5. The molecule has 2 aromatic heterocycles. The van der Waals surface area contributed by atoms with E-state index in [1.54, 1.807) is 11.3 Å². The van der Waals surface area contributed by atoms with Crippen LogP contribution in [0.25, 0.3) is 10.6 Å². The van der Waals surface area contributed by atoms with E-state index in [1.807, 2.05) is 18.6 Å². The summed E-state index contributed by atoms with van der Waals surface area (Å²) in [6, 6.07) is 0.592. The number of aromatic nitrogens is 3. The van der Waals surface area contributed by atoms with Gasteiger partial charge in [0.1, 0.15) is 5.69 Å². The molecule has 4 nitrogen and oxygen atoms in total. The largest absolute Gasteiger partial charge is 0.300 e. The number of rotatable bonds is 5. The van der Waals surface area contributed by atoms with Crippen molar-refractivity contribution < 1.29 is 0 Å². The lowest BCUT2D eigenvalue weighted by Crippen LogP contribution is -2.39. The minimum Gasteiger partial charge on any atom is -0.300 e. The average Bonchev–Trinajstić information content (AvgIpc) is 3.02. The highest BCUT2D eigenvalue weighted by molar-refractivity contribution is 7.15. The molecule has 1 fully saturated rings. The predicted octanol–water partition coefficient (Wildman–Crippen LogP) is 4.39. The van der Waals surface area contributed by atoms with Gasteiger partial charge in [-0.25, -0.2) is 4.98 Å². The number of hydrogen-bond acceptors (Lipinski definition) is 5. The van der Waals surface area contributed by atoms with Gasteiger partial charge < -0.3 is 4.90 Å². The molecule has 1 aliphatic heterocycles. The molecule has 0 radical (unpaired) electrons. The molecule has 24 heavy (non-hydrogen) atoms. The summed E-state index contributed by atoms with van der Waals surface area (Å²) < 4.78 is 0. The minimum atomic E-state index is 0.473. The number of hydrogen-bond donors (Lipinski definition) is 0. The van der Waals surface area contributed by atoms with Gasteiger partial charge in [-0.15, -0.1) is 11.3 Å². The molecule has 0 N–H and O–H groups in total. The van der Waals surface area contributed by atoms with E-state index in [1.165, 1.54) is 24.4 Å². The van der Waals surface area contributed by atoms with Crippen LogP contribution in [0.15, 0.2) is 18.6 Å². The van der Waals surface area contributed by atoms with E-state index in [4.69, 9.17) is 4.98 Å². The molecule has 1 aliphatic rings. The van der Waals surface area contributed by atoms with Crippen LogP contribution in [0.5, 0.6) is 0 Å². The highest BCUT2D eigenvalue weighted by Gasteiger charge is 2.27. The van der Waals surface area contributed by atoms with Crippen LogP contribution in [0.2, 0.25) is 0 Å². The summed E-state index contributed by atoms with van der Waals surface area (Å²) in [5.41, 5.74) is 2.20. The van der Waals surface area contributed by atoms with Crippen LogP contribution < -0.4 is 0 Å². The Bertz CT molecular complexity index is 665. The Labute approximate surface area is 149 Å². The third-order valence-electron chi connectivity index (χ3n) is 4.67. The molecule has 3 heterocycles. The van der Waals surface area contributed by atoms with E-state index in [2.05, 4.69) is 42.6 Å². The quantitative estimate of drug-likeness (QED) is 0.807. The van der Waals surface area contributed by atoms with Crippen molar-refractivity contribution in [3.63, 3.8) is 0 Å². The lowest BCUT2D eigenvalue weighted by Gasteiger charge is -2.35. The van der Waals surface area contributed by atoms with Crippen molar-refractivity contribution in [2.75, 3.05) is 13.1 Å². The molecule has 5 heteroatoms. The monoisotopic (exact) mass is 344 g/mol. The van der Waals surface area contributed by atoms with E-state index >= 15 is 0 Å². The van der Waals surface area contributed by atoms with Crippen LogP contribution in [0.1, 0.15) is 57.2 Å². The van der Waals surface area contributed by atoms with Gasteiger partial charge in [0.2, 0.25) is 0 Å². The lowest BCUT2D eigenvalue weighted by molar-refractivity contribution is 0.166. The Hall–Kier alpha value is -1.33. The van der Waals surface area contributed by atoms with E-state index < -0.39 is 0 Å². The summed E-state index contributed by atoms with van der Waals surface area (Å²) in [5, 5.41) is 1.20. The SMILES string of the molecule is CC(C)Cc1ncc(-c2nccnc2[C@@H]2CCCN(C(C)C)C2)s1. The third-order valence-corrected chi connectivity index (χ3v) is 5.69. The van der Waals surface area contributed by atoms with Crippen molar-refractivity contribution in [2.24, 2.45) is 5.92 Å². The molecular weight excluding hydrogens is 316 g/mol. The molecule has 0 saturated carbocycles. The second kappa shape index (κ2) is 7.70. The smallest absolute Gasteiger partial charge is 0.104 e. The van der Waals surface area contributed by atoms with Gasteiger partial charge in [-0.2, -0.15) is 0 Å². The molecule has 130 valence electrons. The fourth-order valence-corrected chi connectivity index (χ4v) is 4.53. The van der Waals surface area contributed by atoms with Crippen molar-refractivity contribution in [2.45, 2.75) is 58.9 Å². The maximum absolute atomic E-state index is 4.73. The summed E-state index contributed by atoms with van der Waals surface area (Å²) >= 11 is 1.77. The molecule has 2 aromatic rings. The Morgan fingerprint density at radius 1 is 1.17 bits per heavy atom. The zero-order valence-electron chi connectivity index (χ0n) is 15.2. The van der Waals surface area contributed by atoms with E-state index in [0.717, 1.165) is 29.2 Å². The van der Waals surface area contributed by atoms with Gasteiger partial charge in [0.25, 0.3) is 0 Å². The summed E-state index contributed by atoms with van der Waals surface area (Å²) in [7, 11) is 0. The van der Waals surface area contributed by atoms with Gasteiger partial charge in [-0.3, -0.25) is 9.97 Å². The van der Waals surface area contributed by atoms with Crippen molar-refractivity contribution >= 4 is 11.3 Å². The minimum absolute atomic E-state index is 0.473. The second-order valence-electron chi connectivity index (χ2n) is 7.43. The Morgan fingerprint density at radius 3 is 2.71 bits per heavy atom. The first kappa shape index (κ1) is 17.5. The summed E-state index contributed by atoms with van der Waals surface area (Å²) in [5.74, 6) is 1.10. The fourth-order valence-electron chi connectivity index (χ4n) is 3.40. The number of nitrogens with zero attached hydrogens (tertiary/aromatic N) is 4. The van der Waals surface area contributed by atoms with Crippen LogP contribution in [0, 0.1) is 5.92 Å². The number of piperidine rings is 1. The van der Waals surface area contributed by atoms with Gasteiger partial charge in [0.05, 0.1) is 15.6 Å².